The number of hydrogen-bond acceptors (Lipinski definition) is 2. The molecule has 4 aliphatic carbocycles. The zero-order valence-electron chi connectivity index (χ0n) is 13.2. The molecule has 0 heterocycles. The van der Waals surface area contributed by atoms with Crippen LogP contribution in [0.5, 0.6) is 0 Å². The van der Waals surface area contributed by atoms with Gasteiger partial charge >= 0.3 is 0 Å². The van der Waals surface area contributed by atoms with Gasteiger partial charge in [-0.2, -0.15) is 0 Å². The summed E-state index contributed by atoms with van der Waals surface area (Å²) in [6, 6.07) is 0. The standard InChI is InChI=1S/C19H28O2/c1-21-11-13-3-6-17-16(13)8-9-18-15-7-4-14(20)10-12(15)2-5-19(17)18/h2,5,12-13,15-19H,3-4,6-11H2,1H3. The molecule has 2 nitrogen and oxygen atoms in total. The third-order valence-corrected chi connectivity index (χ3v) is 7.13. The molecule has 21 heavy (non-hydrogen) atoms. The van der Waals surface area contributed by atoms with Crippen molar-refractivity contribution in [3.63, 3.8) is 0 Å². The Bertz CT molecular complexity index is 441. The number of fused-ring (bicyclic) bond motifs is 5. The first-order valence-corrected chi connectivity index (χ1v) is 8.97. The van der Waals surface area contributed by atoms with Crippen molar-refractivity contribution in [1.29, 1.82) is 0 Å². The maximum absolute atomic E-state index is 11.7. The van der Waals surface area contributed by atoms with Gasteiger partial charge in [-0.3, -0.25) is 4.79 Å². The molecular weight excluding hydrogens is 260 g/mol. The summed E-state index contributed by atoms with van der Waals surface area (Å²) in [7, 11) is 1.85. The van der Waals surface area contributed by atoms with Crippen molar-refractivity contribution in [3.05, 3.63) is 12.2 Å². The Kier molecular flexibility index (Phi) is 3.69. The fourth-order valence-electron chi connectivity index (χ4n) is 6.28. The summed E-state index contributed by atoms with van der Waals surface area (Å²) in [6.45, 7) is 0.961. The van der Waals surface area contributed by atoms with Crippen molar-refractivity contribution in [2.75, 3.05) is 13.7 Å². The predicted molar refractivity (Wildman–Crippen MR) is 82.8 cm³/mol. The third kappa shape index (κ3) is 2.30. The molecule has 3 saturated carbocycles. The highest BCUT2D eigenvalue weighted by atomic mass is 16.5. The van der Waals surface area contributed by atoms with Gasteiger partial charge in [0.1, 0.15) is 5.78 Å². The quantitative estimate of drug-likeness (QED) is 0.721. The second-order valence-electron chi connectivity index (χ2n) is 7.93. The summed E-state index contributed by atoms with van der Waals surface area (Å²) in [5.74, 6) is 6.15. The maximum Gasteiger partial charge on any atom is 0.133 e. The Hall–Kier alpha value is -0.630. The third-order valence-electron chi connectivity index (χ3n) is 7.13. The average Bonchev–Trinajstić information content (AvgIpc) is 2.90. The average molecular weight is 288 g/mol. The Labute approximate surface area is 128 Å². The molecule has 0 radical (unpaired) electrons. The number of allylic oxidation sites excluding steroid dienone is 2. The first kappa shape index (κ1) is 14.0. The second-order valence-corrected chi connectivity index (χ2v) is 7.93. The Morgan fingerprint density at radius 2 is 1.76 bits per heavy atom. The molecule has 0 N–H and O–H groups in total. The lowest BCUT2D eigenvalue weighted by molar-refractivity contribution is -0.123. The zero-order chi connectivity index (χ0) is 14.4. The molecule has 116 valence electrons. The molecule has 7 atom stereocenters. The van der Waals surface area contributed by atoms with Crippen LogP contribution in [0.25, 0.3) is 0 Å². The van der Waals surface area contributed by atoms with Crippen LogP contribution in [0.15, 0.2) is 12.2 Å². The molecule has 2 heteroatoms. The lowest BCUT2D eigenvalue weighted by atomic mass is 9.56. The summed E-state index contributed by atoms with van der Waals surface area (Å²) < 4.78 is 5.45. The van der Waals surface area contributed by atoms with Crippen molar-refractivity contribution in [2.45, 2.75) is 44.9 Å². The molecule has 4 aliphatic rings. The van der Waals surface area contributed by atoms with Gasteiger partial charge in [-0.1, -0.05) is 12.2 Å². The predicted octanol–water partition coefficient (Wildman–Crippen LogP) is 3.86. The van der Waals surface area contributed by atoms with Gasteiger partial charge in [-0.25, -0.2) is 0 Å². The Morgan fingerprint density at radius 1 is 1.00 bits per heavy atom. The van der Waals surface area contributed by atoms with Crippen molar-refractivity contribution < 1.29 is 9.53 Å². The normalized spacial score (nSPS) is 48.6. The number of carbonyl (C=O) groups is 1. The highest BCUT2D eigenvalue weighted by molar-refractivity contribution is 5.79. The van der Waals surface area contributed by atoms with Crippen LogP contribution in [-0.4, -0.2) is 19.5 Å². The zero-order valence-corrected chi connectivity index (χ0v) is 13.2. The maximum atomic E-state index is 11.7. The molecule has 3 fully saturated rings. The number of hydrogen-bond donors (Lipinski definition) is 0. The summed E-state index contributed by atoms with van der Waals surface area (Å²) >= 11 is 0. The lowest BCUT2D eigenvalue weighted by Gasteiger charge is -2.49. The van der Waals surface area contributed by atoms with E-state index in [4.69, 9.17) is 4.74 Å². The number of Topliss-reactive ketones (excluding diaryl/α,β-unsaturated/α-hetero) is 1. The minimum absolute atomic E-state index is 0.495. The van der Waals surface area contributed by atoms with Crippen LogP contribution in [0.2, 0.25) is 0 Å². The van der Waals surface area contributed by atoms with Gasteiger partial charge in [0.15, 0.2) is 0 Å². The van der Waals surface area contributed by atoms with Gasteiger partial charge in [-0.15, -0.1) is 0 Å². The lowest BCUT2D eigenvalue weighted by Crippen LogP contribution is -2.43. The fraction of sp³-hybridized carbons (Fsp3) is 0.842. The molecule has 0 saturated heterocycles. The van der Waals surface area contributed by atoms with Crippen LogP contribution < -0.4 is 0 Å². The molecule has 0 aromatic carbocycles. The monoisotopic (exact) mass is 288 g/mol. The van der Waals surface area contributed by atoms with Crippen LogP contribution >= 0.6 is 0 Å². The molecule has 7 unspecified atom stereocenters. The van der Waals surface area contributed by atoms with E-state index >= 15 is 0 Å². The van der Waals surface area contributed by atoms with Crippen LogP contribution in [0.4, 0.5) is 0 Å². The van der Waals surface area contributed by atoms with Gasteiger partial charge in [0, 0.05) is 26.6 Å². The first-order chi connectivity index (χ1) is 10.3. The largest absolute Gasteiger partial charge is 0.384 e. The number of carbonyl (C=O) groups excluding carboxylic acids is 1. The fourth-order valence-corrected chi connectivity index (χ4v) is 6.28. The highest BCUT2D eigenvalue weighted by Gasteiger charge is 2.49. The van der Waals surface area contributed by atoms with Gasteiger partial charge < -0.3 is 4.74 Å². The van der Waals surface area contributed by atoms with Crippen LogP contribution in [0.1, 0.15) is 44.9 Å². The molecule has 0 amide bonds. The Balaban J connectivity index is 1.54. The highest BCUT2D eigenvalue weighted by Crippen LogP contribution is 2.56. The van der Waals surface area contributed by atoms with E-state index in [0.717, 1.165) is 61.4 Å². The smallest absolute Gasteiger partial charge is 0.133 e. The van der Waals surface area contributed by atoms with Crippen molar-refractivity contribution in [3.8, 4) is 0 Å². The summed E-state index contributed by atoms with van der Waals surface area (Å²) in [4.78, 5) is 11.7. The van der Waals surface area contributed by atoms with Gasteiger partial charge in [0.2, 0.25) is 0 Å². The van der Waals surface area contributed by atoms with E-state index in [9.17, 15) is 4.79 Å². The van der Waals surface area contributed by atoms with Crippen molar-refractivity contribution in [1.82, 2.24) is 0 Å². The number of rotatable bonds is 2. The van der Waals surface area contributed by atoms with E-state index in [0.29, 0.717) is 11.7 Å². The minimum Gasteiger partial charge on any atom is -0.384 e. The van der Waals surface area contributed by atoms with E-state index in [-0.39, 0.29) is 0 Å². The van der Waals surface area contributed by atoms with E-state index in [1.807, 2.05) is 7.11 Å². The SMILES string of the molecule is COCC1CCC2C3C=CC4CC(=O)CCC4C3CCC12. The van der Waals surface area contributed by atoms with Crippen LogP contribution in [0, 0.1) is 41.4 Å². The van der Waals surface area contributed by atoms with Gasteiger partial charge in [-0.05, 0) is 73.5 Å². The minimum atomic E-state index is 0.495. The van der Waals surface area contributed by atoms with Crippen molar-refractivity contribution in [2.24, 2.45) is 41.4 Å². The van der Waals surface area contributed by atoms with Gasteiger partial charge in [0.05, 0.1) is 0 Å². The van der Waals surface area contributed by atoms with E-state index < -0.39 is 0 Å². The second kappa shape index (κ2) is 5.53. The first-order valence-electron chi connectivity index (χ1n) is 8.97. The summed E-state index contributed by atoms with van der Waals surface area (Å²) in [6.07, 6.45) is 13.4. The molecule has 0 aromatic heterocycles. The van der Waals surface area contributed by atoms with E-state index in [2.05, 4.69) is 12.2 Å². The molecule has 0 spiro atoms. The molecule has 0 aliphatic heterocycles. The van der Waals surface area contributed by atoms with Crippen LogP contribution in [0.3, 0.4) is 0 Å². The summed E-state index contributed by atoms with van der Waals surface area (Å²) in [5.41, 5.74) is 0. The molecular formula is C19H28O2. The Morgan fingerprint density at radius 3 is 2.62 bits per heavy atom. The van der Waals surface area contributed by atoms with Crippen molar-refractivity contribution >= 4 is 5.78 Å². The number of ketones is 1. The van der Waals surface area contributed by atoms with E-state index in [1.54, 1.807) is 0 Å². The van der Waals surface area contributed by atoms with Gasteiger partial charge in [0.25, 0.3) is 0 Å². The number of ether oxygens (including phenoxy) is 1. The molecule has 4 rings (SSSR count). The molecule has 0 bridgehead atoms. The topological polar surface area (TPSA) is 26.3 Å². The van der Waals surface area contributed by atoms with Crippen LogP contribution in [-0.2, 0) is 9.53 Å². The molecule has 0 aromatic rings. The summed E-state index contributed by atoms with van der Waals surface area (Å²) in [5, 5.41) is 0. The van der Waals surface area contributed by atoms with E-state index in [1.165, 1.54) is 25.7 Å². The number of methoxy groups -OCH3 is 1.